The molecule has 0 heterocycles. The minimum absolute atomic E-state index is 0.0201. The van der Waals surface area contributed by atoms with Crippen LogP contribution in [-0.4, -0.2) is 17.0 Å². The van der Waals surface area contributed by atoms with Gasteiger partial charge in [-0.15, -0.1) is 0 Å². The Labute approximate surface area is 136 Å². The van der Waals surface area contributed by atoms with Gasteiger partial charge in [-0.05, 0) is 29.7 Å². The summed E-state index contributed by atoms with van der Waals surface area (Å²) in [4.78, 5) is 23.2. The maximum absolute atomic E-state index is 12.5. The fourth-order valence-electron chi connectivity index (χ4n) is 2.37. The Balaban J connectivity index is 2.01. The molecule has 0 fully saturated rings. The van der Waals surface area contributed by atoms with Gasteiger partial charge in [-0.1, -0.05) is 56.3 Å². The van der Waals surface area contributed by atoms with Crippen molar-refractivity contribution in [1.29, 1.82) is 0 Å². The number of anilines is 1. The highest BCUT2D eigenvalue weighted by molar-refractivity contribution is 5.95. The minimum Gasteiger partial charge on any atom is -0.481 e. The van der Waals surface area contributed by atoms with E-state index in [0.717, 1.165) is 5.56 Å². The van der Waals surface area contributed by atoms with Crippen molar-refractivity contribution in [1.82, 2.24) is 0 Å². The second kappa shape index (κ2) is 7.09. The second-order valence-electron chi connectivity index (χ2n) is 6.27. The zero-order chi connectivity index (χ0) is 16.9. The molecule has 0 aliphatic heterocycles. The largest absolute Gasteiger partial charge is 0.481 e. The molecule has 0 unspecified atom stereocenters. The van der Waals surface area contributed by atoms with Crippen LogP contribution in [0.15, 0.2) is 54.6 Å². The standard InChI is InChI=1S/C19H21NO3/c1-19(2,13-15-6-4-3-5-7-15)18(23)20-16-10-8-14(9-11-16)12-17(21)22/h3-11H,12-13H2,1-2H3,(H,20,23)(H,21,22). The first kappa shape index (κ1) is 16.7. The molecule has 120 valence electrons. The van der Waals surface area contributed by atoms with E-state index in [0.29, 0.717) is 17.7 Å². The molecule has 4 heteroatoms. The Hall–Kier alpha value is -2.62. The molecule has 2 aromatic carbocycles. The van der Waals surface area contributed by atoms with Crippen molar-refractivity contribution in [2.45, 2.75) is 26.7 Å². The number of hydrogen-bond donors (Lipinski definition) is 2. The molecular formula is C19H21NO3. The van der Waals surface area contributed by atoms with Gasteiger partial charge in [0.25, 0.3) is 0 Å². The smallest absolute Gasteiger partial charge is 0.307 e. The third-order valence-corrected chi connectivity index (χ3v) is 3.67. The quantitative estimate of drug-likeness (QED) is 0.857. The third kappa shape index (κ3) is 4.95. The molecule has 0 aromatic heterocycles. The first-order valence-corrected chi connectivity index (χ1v) is 7.53. The van der Waals surface area contributed by atoms with Crippen molar-refractivity contribution < 1.29 is 14.7 Å². The average molecular weight is 311 g/mol. The summed E-state index contributed by atoms with van der Waals surface area (Å²) in [5, 5.41) is 11.7. The highest BCUT2D eigenvalue weighted by Gasteiger charge is 2.27. The van der Waals surface area contributed by atoms with Crippen LogP contribution in [0, 0.1) is 5.41 Å². The van der Waals surface area contributed by atoms with Crippen molar-refractivity contribution in [3.63, 3.8) is 0 Å². The summed E-state index contributed by atoms with van der Waals surface area (Å²) < 4.78 is 0. The Morgan fingerprint density at radius 1 is 0.957 bits per heavy atom. The highest BCUT2D eigenvalue weighted by atomic mass is 16.4. The molecule has 2 aromatic rings. The van der Waals surface area contributed by atoms with Crippen LogP contribution in [0.5, 0.6) is 0 Å². The van der Waals surface area contributed by atoms with E-state index < -0.39 is 11.4 Å². The molecule has 2 N–H and O–H groups in total. The average Bonchev–Trinajstić information content (AvgIpc) is 2.49. The van der Waals surface area contributed by atoms with Crippen molar-refractivity contribution in [2.75, 3.05) is 5.32 Å². The van der Waals surface area contributed by atoms with Crippen LogP contribution in [0.3, 0.4) is 0 Å². The Morgan fingerprint density at radius 3 is 2.13 bits per heavy atom. The number of aliphatic carboxylic acids is 1. The summed E-state index contributed by atoms with van der Waals surface area (Å²) in [6, 6.07) is 16.8. The number of rotatable bonds is 6. The van der Waals surface area contributed by atoms with Crippen LogP contribution >= 0.6 is 0 Å². The van der Waals surface area contributed by atoms with Crippen LogP contribution in [0.2, 0.25) is 0 Å². The third-order valence-electron chi connectivity index (χ3n) is 3.67. The molecule has 1 amide bonds. The van der Waals surface area contributed by atoms with Crippen LogP contribution in [-0.2, 0) is 22.4 Å². The van der Waals surface area contributed by atoms with Gasteiger partial charge in [-0.2, -0.15) is 0 Å². The lowest BCUT2D eigenvalue weighted by atomic mass is 9.84. The Bertz CT molecular complexity index is 676. The molecular weight excluding hydrogens is 290 g/mol. The molecule has 0 saturated heterocycles. The molecule has 2 rings (SSSR count). The van der Waals surface area contributed by atoms with Gasteiger partial charge in [0.05, 0.1) is 6.42 Å². The van der Waals surface area contributed by atoms with E-state index in [4.69, 9.17) is 5.11 Å². The zero-order valence-corrected chi connectivity index (χ0v) is 13.4. The molecule has 0 spiro atoms. The number of carboxylic acids is 1. The van der Waals surface area contributed by atoms with Gasteiger partial charge in [0.2, 0.25) is 5.91 Å². The second-order valence-corrected chi connectivity index (χ2v) is 6.27. The summed E-state index contributed by atoms with van der Waals surface area (Å²) in [7, 11) is 0. The Morgan fingerprint density at radius 2 is 1.57 bits per heavy atom. The summed E-state index contributed by atoms with van der Waals surface area (Å²) >= 11 is 0. The van der Waals surface area contributed by atoms with E-state index in [1.54, 1.807) is 24.3 Å². The van der Waals surface area contributed by atoms with Crippen LogP contribution in [0.1, 0.15) is 25.0 Å². The van der Waals surface area contributed by atoms with Gasteiger partial charge in [-0.3, -0.25) is 9.59 Å². The number of benzene rings is 2. The van der Waals surface area contributed by atoms with Crippen LogP contribution in [0.25, 0.3) is 0 Å². The van der Waals surface area contributed by atoms with Gasteiger partial charge in [-0.25, -0.2) is 0 Å². The number of hydrogen-bond acceptors (Lipinski definition) is 2. The van der Waals surface area contributed by atoms with Crippen LogP contribution in [0.4, 0.5) is 5.69 Å². The molecule has 0 bridgehead atoms. The molecule has 0 atom stereocenters. The van der Waals surface area contributed by atoms with E-state index in [-0.39, 0.29) is 12.3 Å². The lowest BCUT2D eigenvalue weighted by molar-refractivity contribution is -0.136. The number of carbonyl (C=O) groups excluding carboxylic acids is 1. The fraction of sp³-hybridized carbons (Fsp3) is 0.263. The number of amides is 1. The topological polar surface area (TPSA) is 66.4 Å². The molecule has 0 aliphatic carbocycles. The lowest BCUT2D eigenvalue weighted by Gasteiger charge is -2.23. The molecule has 23 heavy (non-hydrogen) atoms. The monoisotopic (exact) mass is 311 g/mol. The predicted molar refractivity (Wildman–Crippen MR) is 90.3 cm³/mol. The fourth-order valence-corrected chi connectivity index (χ4v) is 2.37. The first-order chi connectivity index (χ1) is 10.9. The molecule has 4 nitrogen and oxygen atoms in total. The van der Waals surface area contributed by atoms with Gasteiger partial charge in [0.15, 0.2) is 0 Å². The van der Waals surface area contributed by atoms with E-state index in [1.165, 1.54) is 0 Å². The van der Waals surface area contributed by atoms with Gasteiger partial charge >= 0.3 is 5.97 Å². The molecule has 0 aliphatic rings. The summed E-state index contributed by atoms with van der Waals surface area (Å²) in [6.45, 7) is 3.82. The molecule has 0 saturated carbocycles. The zero-order valence-electron chi connectivity index (χ0n) is 13.4. The van der Waals surface area contributed by atoms with Crippen molar-refractivity contribution >= 4 is 17.6 Å². The predicted octanol–water partition coefficient (Wildman–Crippen LogP) is 3.52. The van der Waals surface area contributed by atoms with Crippen LogP contribution < -0.4 is 5.32 Å². The normalized spacial score (nSPS) is 11.0. The van der Waals surface area contributed by atoms with E-state index in [2.05, 4.69) is 5.32 Å². The lowest BCUT2D eigenvalue weighted by Crippen LogP contribution is -2.32. The maximum atomic E-state index is 12.5. The number of nitrogens with one attached hydrogen (secondary N) is 1. The minimum atomic E-state index is -0.870. The number of carbonyl (C=O) groups is 2. The highest BCUT2D eigenvalue weighted by Crippen LogP contribution is 2.24. The van der Waals surface area contributed by atoms with E-state index >= 15 is 0 Å². The van der Waals surface area contributed by atoms with Crippen molar-refractivity contribution in [2.24, 2.45) is 5.41 Å². The van der Waals surface area contributed by atoms with E-state index in [1.807, 2.05) is 44.2 Å². The molecule has 0 radical (unpaired) electrons. The first-order valence-electron chi connectivity index (χ1n) is 7.53. The van der Waals surface area contributed by atoms with Gasteiger partial charge in [0, 0.05) is 11.1 Å². The van der Waals surface area contributed by atoms with Crippen molar-refractivity contribution in [3.8, 4) is 0 Å². The summed E-state index contributed by atoms with van der Waals surface area (Å²) in [5.74, 6) is -0.932. The number of carboxylic acid groups (broad SMARTS) is 1. The van der Waals surface area contributed by atoms with Crippen molar-refractivity contribution in [3.05, 3.63) is 65.7 Å². The maximum Gasteiger partial charge on any atom is 0.307 e. The SMILES string of the molecule is CC(C)(Cc1ccccc1)C(=O)Nc1ccc(CC(=O)O)cc1. The summed E-state index contributed by atoms with van der Waals surface area (Å²) in [5.41, 5.74) is 1.95. The Kier molecular flexibility index (Phi) is 5.16. The van der Waals surface area contributed by atoms with Gasteiger partial charge in [0.1, 0.15) is 0 Å². The van der Waals surface area contributed by atoms with Gasteiger partial charge < -0.3 is 10.4 Å². The van der Waals surface area contributed by atoms with E-state index in [9.17, 15) is 9.59 Å². The summed E-state index contributed by atoms with van der Waals surface area (Å²) in [6.07, 6.45) is 0.629.